The minimum Gasteiger partial charge on any atom is -0.397 e. The Morgan fingerprint density at radius 3 is 2.72 bits per heavy atom. The quantitative estimate of drug-likeness (QED) is 0.860. The molecule has 0 saturated heterocycles. The number of nitrogens with two attached hydrogens (primary N) is 1. The van der Waals surface area contributed by atoms with Crippen molar-refractivity contribution in [2.75, 3.05) is 17.2 Å². The lowest BCUT2D eigenvalue weighted by molar-refractivity contribution is 0.0991. The molecule has 1 aromatic carbocycles. The number of nitrogen functional groups attached to an aromatic ring is 1. The van der Waals surface area contributed by atoms with Gasteiger partial charge in [-0.05, 0) is 37.5 Å². The number of carbonyl (C=O) groups excluding carboxylic acids is 1. The standard InChI is InChI=1S/C12H14N4OS/c1-3-16(10-7-5-4-6-9(10)13)12(17)11-8(2)14-15-18-11/h4-7H,3,13H2,1-2H3. The highest BCUT2D eigenvalue weighted by atomic mass is 32.1. The minimum absolute atomic E-state index is 0.108. The number of para-hydroxylation sites is 2. The summed E-state index contributed by atoms with van der Waals surface area (Å²) in [7, 11) is 0. The molecule has 0 saturated carbocycles. The second-order valence-corrected chi connectivity index (χ2v) is 4.55. The maximum atomic E-state index is 12.4. The average molecular weight is 262 g/mol. The van der Waals surface area contributed by atoms with Crippen molar-refractivity contribution in [3.05, 3.63) is 34.8 Å². The summed E-state index contributed by atoms with van der Waals surface area (Å²) in [6, 6.07) is 7.32. The van der Waals surface area contributed by atoms with Gasteiger partial charge in [-0.15, -0.1) is 5.10 Å². The fourth-order valence-electron chi connectivity index (χ4n) is 1.71. The topological polar surface area (TPSA) is 72.1 Å². The molecule has 1 heterocycles. The van der Waals surface area contributed by atoms with Gasteiger partial charge in [0.15, 0.2) is 0 Å². The molecule has 0 aliphatic carbocycles. The van der Waals surface area contributed by atoms with Crippen LogP contribution in [0.4, 0.5) is 11.4 Å². The number of hydrogen-bond donors (Lipinski definition) is 1. The summed E-state index contributed by atoms with van der Waals surface area (Å²) in [6.07, 6.45) is 0. The van der Waals surface area contributed by atoms with Crippen LogP contribution in [0.15, 0.2) is 24.3 Å². The number of hydrogen-bond acceptors (Lipinski definition) is 5. The van der Waals surface area contributed by atoms with Gasteiger partial charge >= 0.3 is 0 Å². The largest absolute Gasteiger partial charge is 0.397 e. The normalized spacial score (nSPS) is 10.3. The zero-order valence-electron chi connectivity index (χ0n) is 10.3. The van der Waals surface area contributed by atoms with E-state index in [4.69, 9.17) is 5.73 Å². The van der Waals surface area contributed by atoms with Crippen molar-refractivity contribution in [3.8, 4) is 0 Å². The zero-order valence-corrected chi connectivity index (χ0v) is 11.1. The molecule has 0 radical (unpaired) electrons. The van der Waals surface area contributed by atoms with E-state index in [9.17, 15) is 4.79 Å². The third-order valence-electron chi connectivity index (χ3n) is 2.63. The van der Waals surface area contributed by atoms with Crippen molar-refractivity contribution < 1.29 is 4.79 Å². The predicted octanol–water partition coefficient (Wildman–Crippen LogP) is 2.10. The van der Waals surface area contributed by atoms with E-state index in [1.807, 2.05) is 25.1 Å². The Bertz CT molecular complexity index is 567. The first-order valence-electron chi connectivity index (χ1n) is 5.60. The third kappa shape index (κ3) is 2.19. The molecule has 0 aliphatic rings. The van der Waals surface area contributed by atoms with Gasteiger partial charge in [-0.1, -0.05) is 16.6 Å². The fourth-order valence-corrected chi connectivity index (χ4v) is 2.31. The summed E-state index contributed by atoms with van der Waals surface area (Å²) in [5, 5.41) is 3.86. The predicted molar refractivity (Wildman–Crippen MR) is 72.9 cm³/mol. The number of aryl methyl sites for hydroxylation is 1. The van der Waals surface area contributed by atoms with E-state index in [2.05, 4.69) is 9.59 Å². The smallest absolute Gasteiger partial charge is 0.271 e. The van der Waals surface area contributed by atoms with Crippen LogP contribution >= 0.6 is 11.5 Å². The molecule has 2 N–H and O–H groups in total. The van der Waals surface area contributed by atoms with Crippen LogP contribution in [0.2, 0.25) is 0 Å². The van der Waals surface area contributed by atoms with Crippen LogP contribution < -0.4 is 10.6 Å². The van der Waals surface area contributed by atoms with E-state index in [1.54, 1.807) is 17.9 Å². The number of benzene rings is 1. The van der Waals surface area contributed by atoms with E-state index >= 15 is 0 Å². The lowest BCUT2D eigenvalue weighted by atomic mass is 10.2. The first-order valence-corrected chi connectivity index (χ1v) is 6.37. The lowest BCUT2D eigenvalue weighted by Gasteiger charge is -2.21. The van der Waals surface area contributed by atoms with Gasteiger partial charge < -0.3 is 10.6 Å². The number of anilines is 2. The van der Waals surface area contributed by atoms with Gasteiger partial charge in [-0.3, -0.25) is 4.79 Å². The number of carbonyl (C=O) groups is 1. The molecule has 6 heteroatoms. The summed E-state index contributed by atoms with van der Waals surface area (Å²) in [6.45, 7) is 4.23. The van der Waals surface area contributed by atoms with Crippen molar-refractivity contribution in [2.24, 2.45) is 0 Å². The van der Waals surface area contributed by atoms with Gasteiger partial charge in [0.25, 0.3) is 5.91 Å². The first-order chi connectivity index (χ1) is 8.65. The molecule has 5 nitrogen and oxygen atoms in total. The summed E-state index contributed by atoms with van der Waals surface area (Å²) in [5.74, 6) is -0.108. The van der Waals surface area contributed by atoms with Crippen molar-refractivity contribution >= 4 is 28.8 Å². The molecule has 0 aliphatic heterocycles. The lowest BCUT2D eigenvalue weighted by Crippen LogP contribution is -2.31. The highest BCUT2D eigenvalue weighted by Crippen LogP contribution is 2.25. The molecule has 1 amide bonds. The molecule has 0 spiro atoms. The van der Waals surface area contributed by atoms with Crippen LogP contribution in [0.3, 0.4) is 0 Å². The third-order valence-corrected chi connectivity index (χ3v) is 3.45. The van der Waals surface area contributed by atoms with Gasteiger partial charge in [0, 0.05) is 6.54 Å². The Hall–Kier alpha value is -1.95. The summed E-state index contributed by atoms with van der Waals surface area (Å²) in [4.78, 5) is 14.6. The Morgan fingerprint density at radius 1 is 1.44 bits per heavy atom. The van der Waals surface area contributed by atoms with Crippen LogP contribution in [-0.2, 0) is 0 Å². The number of rotatable bonds is 3. The Labute approximate surface area is 109 Å². The molecule has 94 valence electrons. The highest BCUT2D eigenvalue weighted by molar-refractivity contribution is 7.08. The average Bonchev–Trinajstić information content (AvgIpc) is 2.78. The van der Waals surface area contributed by atoms with Gasteiger partial charge in [0.2, 0.25) is 0 Å². The number of amides is 1. The second kappa shape index (κ2) is 5.14. The van der Waals surface area contributed by atoms with E-state index in [1.165, 1.54) is 0 Å². The second-order valence-electron chi connectivity index (χ2n) is 3.80. The highest BCUT2D eigenvalue weighted by Gasteiger charge is 2.21. The summed E-state index contributed by atoms with van der Waals surface area (Å²) in [5.41, 5.74) is 7.86. The van der Waals surface area contributed by atoms with Crippen molar-refractivity contribution in [1.29, 1.82) is 0 Å². The van der Waals surface area contributed by atoms with Gasteiger partial charge in [0.05, 0.1) is 17.1 Å². The van der Waals surface area contributed by atoms with Crippen molar-refractivity contribution in [2.45, 2.75) is 13.8 Å². The first kappa shape index (κ1) is 12.5. The molecule has 2 aromatic rings. The summed E-state index contributed by atoms with van der Waals surface area (Å²) < 4.78 is 3.79. The number of aromatic nitrogens is 2. The molecular weight excluding hydrogens is 248 g/mol. The van der Waals surface area contributed by atoms with E-state index in [-0.39, 0.29) is 5.91 Å². The Balaban J connectivity index is 2.39. The van der Waals surface area contributed by atoms with Crippen LogP contribution in [0.1, 0.15) is 22.3 Å². The fraction of sp³-hybridized carbons (Fsp3) is 0.250. The van der Waals surface area contributed by atoms with Crippen LogP contribution in [-0.4, -0.2) is 22.0 Å². The van der Waals surface area contributed by atoms with Crippen molar-refractivity contribution in [3.63, 3.8) is 0 Å². The molecular formula is C12H14N4OS. The van der Waals surface area contributed by atoms with Gasteiger partial charge in [-0.25, -0.2) is 0 Å². The van der Waals surface area contributed by atoms with Crippen LogP contribution in [0.25, 0.3) is 0 Å². The monoisotopic (exact) mass is 262 g/mol. The Kier molecular flexibility index (Phi) is 3.57. The van der Waals surface area contributed by atoms with Crippen LogP contribution in [0, 0.1) is 6.92 Å². The molecule has 1 aromatic heterocycles. The molecule has 0 atom stereocenters. The van der Waals surface area contributed by atoms with Gasteiger partial charge in [0.1, 0.15) is 4.88 Å². The maximum absolute atomic E-state index is 12.4. The van der Waals surface area contributed by atoms with Crippen LogP contribution in [0.5, 0.6) is 0 Å². The molecule has 18 heavy (non-hydrogen) atoms. The molecule has 0 bridgehead atoms. The SMILES string of the molecule is CCN(C(=O)c1snnc1C)c1ccccc1N. The van der Waals surface area contributed by atoms with E-state index in [0.717, 1.165) is 17.2 Å². The maximum Gasteiger partial charge on any atom is 0.271 e. The van der Waals surface area contributed by atoms with Gasteiger partial charge in [-0.2, -0.15) is 0 Å². The Morgan fingerprint density at radius 2 is 2.17 bits per heavy atom. The van der Waals surface area contributed by atoms with E-state index < -0.39 is 0 Å². The molecule has 0 unspecified atom stereocenters. The number of nitrogens with zero attached hydrogens (tertiary/aromatic N) is 3. The van der Waals surface area contributed by atoms with E-state index in [0.29, 0.717) is 22.8 Å². The van der Waals surface area contributed by atoms with Crippen molar-refractivity contribution in [1.82, 2.24) is 9.59 Å². The minimum atomic E-state index is -0.108. The summed E-state index contributed by atoms with van der Waals surface area (Å²) >= 11 is 1.11. The molecule has 2 rings (SSSR count). The molecule has 0 fully saturated rings. The zero-order chi connectivity index (χ0) is 13.1.